The van der Waals surface area contributed by atoms with Gasteiger partial charge in [0.15, 0.2) is 0 Å². The molecule has 5 rings (SSSR count). The summed E-state index contributed by atoms with van der Waals surface area (Å²) in [5.41, 5.74) is 1.97. The van der Waals surface area contributed by atoms with Gasteiger partial charge in [-0.15, -0.1) is 0 Å². The van der Waals surface area contributed by atoms with E-state index >= 15 is 0 Å². The normalized spacial score (nSPS) is 30.8. The number of nitrogens with zero attached hydrogens (tertiary/aromatic N) is 1. The zero-order chi connectivity index (χ0) is 12.5. The van der Waals surface area contributed by atoms with Crippen molar-refractivity contribution in [3.63, 3.8) is 0 Å². The molecule has 92 valence electrons. The van der Waals surface area contributed by atoms with Crippen molar-refractivity contribution in [3.8, 4) is 0 Å². The minimum atomic E-state index is -0.341. The Morgan fingerprint density at radius 1 is 1.44 bits per heavy atom. The summed E-state index contributed by atoms with van der Waals surface area (Å²) in [7, 11) is 1.38. The van der Waals surface area contributed by atoms with Gasteiger partial charge in [-0.3, -0.25) is 4.79 Å². The molecule has 1 spiro atoms. The Morgan fingerprint density at radius 2 is 2.22 bits per heavy atom. The molecule has 1 saturated carbocycles. The lowest BCUT2D eigenvalue weighted by Crippen LogP contribution is -2.40. The second kappa shape index (κ2) is 2.94. The van der Waals surface area contributed by atoms with E-state index in [9.17, 15) is 9.59 Å². The fraction of sp³-hybridized carbons (Fsp3) is 0.429. The molecule has 1 aromatic rings. The SMILES string of the molecule is COC(=O)c1cccc2c1C13CC(CN1C2=O)C3. The van der Waals surface area contributed by atoms with E-state index in [2.05, 4.69) is 0 Å². The van der Waals surface area contributed by atoms with Crippen LogP contribution in [-0.4, -0.2) is 30.4 Å². The molecule has 3 fully saturated rings. The summed E-state index contributed by atoms with van der Waals surface area (Å²) in [6.07, 6.45) is 2.00. The highest BCUT2D eigenvalue weighted by molar-refractivity contribution is 6.05. The van der Waals surface area contributed by atoms with Crippen molar-refractivity contribution in [2.75, 3.05) is 13.7 Å². The lowest BCUT2D eigenvalue weighted by atomic mass is 9.68. The molecule has 0 N–H and O–H groups in total. The second-order valence-electron chi connectivity index (χ2n) is 5.44. The first kappa shape index (κ1) is 10.1. The smallest absolute Gasteiger partial charge is 0.338 e. The highest BCUT2D eigenvalue weighted by Crippen LogP contribution is 2.62. The van der Waals surface area contributed by atoms with Crippen LogP contribution in [0.1, 0.15) is 39.1 Å². The van der Waals surface area contributed by atoms with Gasteiger partial charge in [0.2, 0.25) is 0 Å². The zero-order valence-corrected chi connectivity index (χ0v) is 10.1. The van der Waals surface area contributed by atoms with Crippen molar-refractivity contribution >= 4 is 11.9 Å². The number of methoxy groups -OCH3 is 1. The van der Waals surface area contributed by atoms with E-state index in [1.54, 1.807) is 12.1 Å². The molecule has 4 heteroatoms. The third-order valence-electron chi connectivity index (χ3n) is 4.62. The third kappa shape index (κ3) is 0.901. The number of amides is 1. The Hall–Kier alpha value is -1.84. The molecule has 1 aliphatic carbocycles. The van der Waals surface area contributed by atoms with Crippen LogP contribution in [0.25, 0.3) is 0 Å². The zero-order valence-electron chi connectivity index (χ0n) is 10.1. The molecular weight excluding hydrogens is 230 g/mol. The quantitative estimate of drug-likeness (QED) is 0.703. The van der Waals surface area contributed by atoms with E-state index in [1.807, 2.05) is 11.0 Å². The van der Waals surface area contributed by atoms with Gasteiger partial charge >= 0.3 is 5.97 Å². The molecule has 0 aromatic heterocycles. The molecule has 1 aromatic carbocycles. The van der Waals surface area contributed by atoms with Crippen LogP contribution in [0.2, 0.25) is 0 Å². The summed E-state index contributed by atoms with van der Waals surface area (Å²) in [6.45, 7) is 0.841. The van der Waals surface area contributed by atoms with Gasteiger partial charge in [0, 0.05) is 17.7 Å². The number of esters is 1. The fourth-order valence-corrected chi connectivity index (χ4v) is 3.95. The number of rotatable bonds is 1. The first-order valence-corrected chi connectivity index (χ1v) is 6.21. The summed E-state index contributed by atoms with van der Waals surface area (Å²) in [5, 5.41) is 0. The summed E-state index contributed by atoms with van der Waals surface area (Å²) >= 11 is 0. The van der Waals surface area contributed by atoms with E-state index in [1.165, 1.54) is 7.11 Å². The number of carbonyl (C=O) groups is 2. The Morgan fingerprint density at radius 3 is 2.94 bits per heavy atom. The van der Waals surface area contributed by atoms with Crippen molar-refractivity contribution < 1.29 is 14.3 Å². The largest absolute Gasteiger partial charge is 0.465 e. The predicted octanol–water partition coefficient (Wildman–Crippen LogP) is 1.55. The maximum absolute atomic E-state index is 12.3. The average molecular weight is 243 g/mol. The topological polar surface area (TPSA) is 46.6 Å². The lowest BCUT2D eigenvalue weighted by molar-refractivity contribution is 0.0568. The Balaban J connectivity index is 1.98. The third-order valence-corrected chi connectivity index (χ3v) is 4.62. The molecule has 0 unspecified atom stereocenters. The van der Waals surface area contributed by atoms with Gasteiger partial charge in [0.25, 0.3) is 5.91 Å². The maximum atomic E-state index is 12.3. The highest BCUT2D eigenvalue weighted by Gasteiger charge is 2.64. The summed E-state index contributed by atoms with van der Waals surface area (Å²) in [6, 6.07) is 5.35. The monoisotopic (exact) mass is 243 g/mol. The number of fused-ring (bicyclic) bond motifs is 1. The van der Waals surface area contributed by atoms with Gasteiger partial charge in [0.05, 0.1) is 18.2 Å². The molecule has 2 bridgehead atoms. The van der Waals surface area contributed by atoms with Gasteiger partial charge in [0.1, 0.15) is 0 Å². The first-order valence-electron chi connectivity index (χ1n) is 6.21. The molecule has 1 amide bonds. The van der Waals surface area contributed by atoms with Crippen LogP contribution in [0.15, 0.2) is 18.2 Å². The maximum Gasteiger partial charge on any atom is 0.338 e. The van der Waals surface area contributed by atoms with Crippen LogP contribution in [0.5, 0.6) is 0 Å². The highest BCUT2D eigenvalue weighted by atomic mass is 16.5. The van der Waals surface area contributed by atoms with Crippen LogP contribution < -0.4 is 0 Å². The van der Waals surface area contributed by atoms with Crippen molar-refractivity contribution in [2.24, 2.45) is 5.92 Å². The van der Waals surface area contributed by atoms with Crippen molar-refractivity contribution in [2.45, 2.75) is 18.4 Å². The van der Waals surface area contributed by atoms with Crippen LogP contribution >= 0.6 is 0 Å². The summed E-state index contributed by atoms with van der Waals surface area (Å²) in [4.78, 5) is 26.2. The predicted molar refractivity (Wildman–Crippen MR) is 63.2 cm³/mol. The van der Waals surface area contributed by atoms with E-state index < -0.39 is 0 Å². The molecule has 4 aliphatic rings. The summed E-state index contributed by atoms with van der Waals surface area (Å²) in [5.74, 6) is 0.356. The first-order chi connectivity index (χ1) is 8.67. The molecule has 3 aliphatic heterocycles. The number of hydrogen-bond acceptors (Lipinski definition) is 3. The van der Waals surface area contributed by atoms with Crippen molar-refractivity contribution in [1.82, 2.24) is 4.90 Å². The van der Waals surface area contributed by atoms with Crippen molar-refractivity contribution in [3.05, 3.63) is 34.9 Å². The number of ether oxygens (including phenoxy) is 1. The van der Waals surface area contributed by atoms with Gasteiger partial charge in [-0.2, -0.15) is 0 Å². The van der Waals surface area contributed by atoms with Crippen LogP contribution in [0.4, 0.5) is 0 Å². The molecule has 4 nitrogen and oxygen atoms in total. The Kier molecular flexibility index (Phi) is 1.65. The van der Waals surface area contributed by atoms with E-state index in [4.69, 9.17) is 4.74 Å². The number of hydrogen-bond donors (Lipinski definition) is 0. The number of benzene rings is 1. The van der Waals surface area contributed by atoms with Gasteiger partial charge in [-0.05, 0) is 30.9 Å². The Bertz CT molecular complexity index is 587. The number of carbonyl (C=O) groups excluding carboxylic acids is 2. The van der Waals surface area contributed by atoms with E-state index in [-0.39, 0.29) is 17.4 Å². The van der Waals surface area contributed by atoms with Crippen LogP contribution in [0.3, 0.4) is 0 Å². The van der Waals surface area contributed by atoms with Gasteiger partial charge in [-0.1, -0.05) is 6.07 Å². The van der Waals surface area contributed by atoms with Gasteiger partial charge < -0.3 is 9.64 Å². The van der Waals surface area contributed by atoms with Gasteiger partial charge in [-0.25, -0.2) is 4.79 Å². The molecule has 0 atom stereocenters. The second-order valence-corrected chi connectivity index (χ2v) is 5.44. The molecule has 0 radical (unpaired) electrons. The lowest BCUT2D eigenvalue weighted by Gasteiger charge is -2.38. The summed E-state index contributed by atoms with van der Waals surface area (Å²) < 4.78 is 4.84. The minimum Gasteiger partial charge on any atom is -0.465 e. The standard InChI is InChI=1S/C14H13NO3/c1-18-13(17)10-4-2-3-9-11(10)14-5-8(6-14)7-15(14)12(9)16/h2-4,8H,5-7H2,1H3. The van der Waals surface area contributed by atoms with Crippen LogP contribution in [-0.2, 0) is 10.3 Å². The van der Waals surface area contributed by atoms with E-state index in [0.717, 1.165) is 24.9 Å². The molecule has 18 heavy (non-hydrogen) atoms. The Labute approximate surface area is 105 Å². The fourth-order valence-electron chi connectivity index (χ4n) is 3.95. The average Bonchev–Trinajstić information content (AvgIpc) is 2.96. The van der Waals surface area contributed by atoms with E-state index in [0.29, 0.717) is 17.0 Å². The molecule has 2 saturated heterocycles. The minimum absolute atomic E-state index is 0.0794. The molecular formula is C14H13NO3. The van der Waals surface area contributed by atoms with Crippen LogP contribution in [0, 0.1) is 5.92 Å². The molecule has 3 heterocycles. The van der Waals surface area contributed by atoms with Crippen molar-refractivity contribution in [1.29, 1.82) is 0 Å².